The molecule has 0 radical (unpaired) electrons. The van der Waals surface area contributed by atoms with E-state index in [0.717, 1.165) is 18.0 Å². The lowest BCUT2D eigenvalue weighted by atomic mass is 10.2. The summed E-state index contributed by atoms with van der Waals surface area (Å²) in [5.41, 5.74) is 1.18. The van der Waals surface area contributed by atoms with E-state index in [9.17, 15) is 14.4 Å². The summed E-state index contributed by atoms with van der Waals surface area (Å²) in [6.07, 6.45) is 0.238. The van der Waals surface area contributed by atoms with Crippen LogP contribution in [0, 0.1) is 0 Å². The first-order chi connectivity index (χ1) is 11.1. The summed E-state index contributed by atoms with van der Waals surface area (Å²) in [6, 6.07) is 6.41. The Hall–Kier alpha value is -2.25. The largest absolute Gasteiger partial charge is 0.370 e. The molecule has 1 aromatic rings. The highest BCUT2D eigenvalue weighted by Gasteiger charge is 2.45. The fourth-order valence-electron chi connectivity index (χ4n) is 3.10. The van der Waals surface area contributed by atoms with E-state index in [1.807, 2.05) is 0 Å². The summed E-state index contributed by atoms with van der Waals surface area (Å²) in [5, 5.41) is 2.66. The van der Waals surface area contributed by atoms with E-state index in [1.54, 1.807) is 24.3 Å². The van der Waals surface area contributed by atoms with Crippen molar-refractivity contribution in [1.29, 1.82) is 0 Å². The Labute approximate surface area is 134 Å². The number of benzene rings is 1. The van der Waals surface area contributed by atoms with Crippen LogP contribution in [0.25, 0.3) is 0 Å². The van der Waals surface area contributed by atoms with Crippen LogP contribution >= 0.6 is 0 Å². The third-order valence-electron chi connectivity index (χ3n) is 4.22. The highest BCUT2D eigenvalue weighted by molar-refractivity contribution is 6.21. The van der Waals surface area contributed by atoms with Crippen LogP contribution in [0.15, 0.2) is 24.3 Å². The molecular weight excluding hydrogens is 298 g/mol. The van der Waals surface area contributed by atoms with Gasteiger partial charge in [-0.05, 0) is 24.3 Å². The normalized spacial score (nSPS) is 22.5. The molecule has 3 rings (SSSR count). The van der Waals surface area contributed by atoms with Gasteiger partial charge in [0.05, 0.1) is 25.3 Å². The lowest BCUT2D eigenvalue weighted by Crippen LogP contribution is -3.18. The molecule has 23 heavy (non-hydrogen) atoms. The zero-order chi connectivity index (χ0) is 16.4. The van der Waals surface area contributed by atoms with Gasteiger partial charge in [0.25, 0.3) is 5.91 Å². The van der Waals surface area contributed by atoms with Gasteiger partial charge in [-0.25, -0.2) is 4.90 Å². The van der Waals surface area contributed by atoms with Crippen LogP contribution in [0.5, 0.6) is 0 Å². The molecular formula is C16H20N3O4+. The van der Waals surface area contributed by atoms with Gasteiger partial charge in [-0.2, -0.15) is 0 Å². The Bertz CT molecular complexity index is 623. The number of amides is 3. The number of carbonyl (C=O) groups is 3. The smallest absolute Gasteiger partial charge is 0.292 e. The van der Waals surface area contributed by atoms with Gasteiger partial charge in [0.1, 0.15) is 13.1 Å². The zero-order valence-electron chi connectivity index (χ0n) is 13.0. The Morgan fingerprint density at radius 1 is 1.22 bits per heavy atom. The van der Waals surface area contributed by atoms with E-state index < -0.39 is 0 Å². The molecule has 2 saturated heterocycles. The zero-order valence-corrected chi connectivity index (χ0v) is 13.0. The molecule has 0 saturated carbocycles. The number of hydrogen-bond donors (Lipinski definition) is 2. The van der Waals surface area contributed by atoms with Crippen molar-refractivity contribution >= 4 is 29.1 Å². The van der Waals surface area contributed by atoms with Crippen LogP contribution in [0.3, 0.4) is 0 Å². The van der Waals surface area contributed by atoms with Crippen LogP contribution in [-0.4, -0.2) is 50.1 Å². The summed E-state index contributed by atoms with van der Waals surface area (Å²) in [7, 11) is 0. The van der Waals surface area contributed by atoms with Crippen molar-refractivity contribution in [3.63, 3.8) is 0 Å². The molecule has 7 nitrogen and oxygen atoms in total. The molecule has 0 aliphatic carbocycles. The maximum Gasteiger partial charge on any atom is 0.292 e. The van der Waals surface area contributed by atoms with Crippen molar-refractivity contribution in [3.8, 4) is 0 Å². The molecule has 122 valence electrons. The number of ether oxygens (including phenoxy) is 1. The molecule has 1 atom stereocenters. The van der Waals surface area contributed by atoms with Gasteiger partial charge in [0.15, 0.2) is 6.04 Å². The molecule has 2 aliphatic heterocycles. The van der Waals surface area contributed by atoms with Gasteiger partial charge >= 0.3 is 0 Å². The fraction of sp³-hybridized carbons (Fsp3) is 0.438. The first kappa shape index (κ1) is 15.6. The number of anilines is 2. The van der Waals surface area contributed by atoms with Crippen LogP contribution < -0.4 is 15.1 Å². The highest BCUT2D eigenvalue weighted by atomic mass is 16.5. The first-order valence-electron chi connectivity index (χ1n) is 7.73. The van der Waals surface area contributed by atoms with Crippen molar-refractivity contribution in [2.45, 2.75) is 19.4 Å². The molecule has 2 heterocycles. The third-order valence-corrected chi connectivity index (χ3v) is 4.22. The molecule has 0 aromatic heterocycles. The first-order valence-corrected chi connectivity index (χ1v) is 7.73. The summed E-state index contributed by atoms with van der Waals surface area (Å²) in [4.78, 5) is 38.3. The summed E-state index contributed by atoms with van der Waals surface area (Å²) in [6.45, 7) is 4.17. The van der Waals surface area contributed by atoms with Gasteiger partial charge in [-0.3, -0.25) is 14.4 Å². The van der Waals surface area contributed by atoms with Gasteiger partial charge < -0.3 is 15.0 Å². The van der Waals surface area contributed by atoms with Crippen molar-refractivity contribution in [3.05, 3.63) is 24.3 Å². The minimum absolute atomic E-state index is 0.154. The number of quaternary nitrogens is 1. The molecule has 2 fully saturated rings. The van der Waals surface area contributed by atoms with Crippen molar-refractivity contribution < 1.29 is 24.0 Å². The number of morpholine rings is 1. The monoisotopic (exact) mass is 318 g/mol. The second-order valence-corrected chi connectivity index (χ2v) is 5.82. The second kappa shape index (κ2) is 6.47. The van der Waals surface area contributed by atoms with Gasteiger partial charge in [0.2, 0.25) is 11.8 Å². The van der Waals surface area contributed by atoms with E-state index in [2.05, 4.69) is 5.32 Å². The van der Waals surface area contributed by atoms with Crippen molar-refractivity contribution in [2.75, 3.05) is 36.5 Å². The molecule has 1 aromatic carbocycles. The van der Waals surface area contributed by atoms with Gasteiger partial charge in [-0.15, -0.1) is 0 Å². The summed E-state index contributed by atoms with van der Waals surface area (Å²) >= 11 is 0. The molecule has 3 amide bonds. The molecule has 7 heteroatoms. The Balaban J connectivity index is 1.75. The van der Waals surface area contributed by atoms with Crippen LogP contribution in [0.1, 0.15) is 13.3 Å². The van der Waals surface area contributed by atoms with Gasteiger partial charge in [-0.1, -0.05) is 0 Å². The quantitative estimate of drug-likeness (QED) is 0.715. The number of carbonyl (C=O) groups excluding carboxylic acids is 3. The fourth-order valence-corrected chi connectivity index (χ4v) is 3.10. The number of rotatable bonds is 3. The molecule has 1 unspecified atom stereocenters. The lowest BCUT2D eigenvalue weighted by Gasteiger charge is -2.27. The minimum Gasteiger partial charge on any atom is -0.370 e. The average molecular weight is 318 g/mol. The molecule has 0 bridgehead atoms. The van der Waals surface area contributed by atoms with E-state index in [1.165, 1.54) is 11.8 Å². The highest BCUT2D eigenvalue weighted by Crippen LogP contribution is 2.23. The van der Waals surface area contributed by atoms with Gasteiger partial charge in [0, 0.05) is 12.6 Å². The predicted octanol–water partition coefficient (Wildman–Crippen LogP) is -0.808. The maximum absolute atomic E-state index is 12.7. The Kier molecular flexibility index (Phi) is 4.40. The Morgan fingerprint density at radius 2 is 1.87 bits per heavy atom. The number of nitrogens with one attached hydrogen (secondary N) is 2. The molecule has 2 N–H and O–H groups in total. The SMILES string of the molecule is CC(=O)Nc1ccc(N2C(=O)CC([NH+]3CCOCC3)C2=O)cc1. The number of imide groups is 1. The van der Waals surface area contributed by atoms with Crippen LogP contribution in [0.4, 0.5) is 11.4 Å². The van der Waals surface area contributed by atoms with E-state index >= 15 is 0 Å². The van der Waals surface area contributed by atoms with Crippen molar-refractivity contribution in [1.82, 2.24) is 0 Å². The predicted molar refractivity (Wildman–Crippen MR) is 83.2 cm³/mol. The number of hydrogen-bond acceptors (Lipinski definition) is 4. The minimum atomic E-state index is -0.318. The summed E-state index contributed by atoms with van der Waals surface area (Å²) in [5.74, 6) is -0.493. The third kappa shape index (κ3) is 3.25. The standard InChI is InChI=1S/C16H19N3O4/c1-11(20)17-12-2-4-13(5-3-12)19-15(21)10-14(16(19)22)18-6-8-23-9-7-18/h2-5,14H,6-10H2,1H3,(H,17,20)/p+1. The number of nitrogens with zero attached hydrogens (tertiary/aromatic N) is 1. The Morgan fingerprint density at radius 3 is 2.48 bits per heavy atom. The molecule has 0 spiro atoms. The molecule has 2 aliphatic rings. The average Bonchev–Trinajstić information content (AvgIpc) is 2.83. The summed E-state index contributed by atoms with van der Waals surface area (Å²) < 4.78 is 5.31. The van der Waals surface area contributed by atoms with Crippen molar-refractivity contribution in [2.24, 2.45) is 0 Å². The van der Waals surface area contributed by atoms with E-state index in [0.29, 0.717) is 24.6 Å². The van der Waals surface area contributed by atoms with Crippen LogP contribution in [-0.2, 0) is 19.1 Å². The van der Waals surface area contributed by atoms with E-state index in [4.69, 9.17) is 4.74 Å². The van der Waals surface area contributed by atoms with Crippen LogP contribution in [0.2, 0.25) is 0 Å². The maximum atomic E-state index is 12.7. The lowest BCUT2D eigenvalue weighted by molar-refractivity contribution is -0.922. The second-order valence-electron chi connectivity index (χ2n) is 5.82. The topological polar surface area (TPSA) is 80.2 Å². The van der Waals surface area contributed by atoms with E-state index in [-0.39, 0.29) is 30.2 Å².